The molecular formula is C18H24N4. The smallest absolute Gasteiger partial charge is 0.243 e. The number of hydrogen-bond acceptors (Lipinski definition) is 4. The van der Waals surface area contributed by atoms with Gasteiger partial charge < -0.3 is 0 Å². The van der Waals surface area contributed by atoms with Crippen LogP contribution in [0.1, 0.15) is 55.6 Å². The summed E-state index contributed by atoms with van der Waals surface area (Å²) in [6.07, 6.45) is 1.13. The molecule has 1 aromatic heterocycles. The second-order valence-corrected chi connectivity index (χ2v) is 5.72. The van der Waals surface area contributed by atoms with Crippen LogP contribution < -0.4 is 5.43 Å². The number of aromatic nitrogens is 2. The number of hydrogen-bond donors (Lipinski definition) is 1. The Balaban J connectivity index is 2.18. The third kappa shape index (κ3) is 4.13. The van der Waals surface area contributed by atoms with Gasteiger partial charge in [-0.3, -0.25) is 0 Å². The Labute approximate surface area is 132 Å². The molecule has 0 aliphatic carbocycles. The van der Waals surface area contributed by atoms with Gasteiger partial charge in [-0.1, -0.05) is 32.0 Å². The topological polar surface area (TPSA) is 50.2 Å². The van der Waals surface area contributed by atoms with E-state index in [4.69, 9.17) is 0 Å². The van der Waals surface area contributed by atoms with Crippen molar-refractivity contribution in [2.75, 3.05) is 5.43 Å². The molecule has 0 spiro atoms. The number of benzene rings is 1. The monoisotopic (exact) mass is 296 g/mol. The Morgan fingerprint density at radius 3 is 2.50 bits per heavy atom. The fourth-order valence-electron chi connectivity index (χ4n) is 2.28. The van der Waals surface area contributed by atoms with Gasteiger partial charge in [0.15, 0.2) is 0 Å². The van der Waals surface area contributed by atoms with Crippen LogP contribution in [-0.2, 0) is 0 Å². The zero-order valence-corrected chi connectivity index (χ0v) is 14.0. The van der Waals surface area contributed by atoms with Crippen molar-refractivity contribution in [2.45, 2.75) is 47.0 Å². The van der Waals surface area contributed by atoms with E-state index in [1.54, 1.807) is 0 Å². The summed E-state index contributed by atoms with van der Waals surface area (Å²) in [5.41, 5.74) is 8.21. The molecule has 0 radical (unpaired) electrons. The van der Waals surface area contributed by atoms with E-state index in [2.05, 4.69) is 58.6 Å². The van der Waals surface area contributed by atoms with Crippen LogP contribution in [0.15, 0.2) is 35.4 Å². The number of nitrogens with one attached hydrogen (secondary N) is 1. The summed E-state index contributed by atoms with van der Waals surface area (Å²) in [5.74, 6) is 1.10. The van der Waals surface area contributed by atoms with E-state index in [1.165, 1.54) is 5.56 Å². The van der Waals surface area contributed by atoms with Crippen LogP contribution in [0, 0.1) is 13.8 Å². The first-order valence-electron chi connectivity index (χ1n) is 7.72. The summed E-state index contributed by atoms with van der Waals surface area (Å²) in [7, 11) is 0. The van der Waals surface area contributed by atoms with Crippen LogP contribution in [0.4, 0.5) is 5.95 Å². The third-order valence-electron chi connectivity index (χ3n) is 3.79. The maximum Gasteiger partial charge on any atom is 0.243 e. The van der Waals surface area contributed by atoms with Gasteiger partial charge in [-0.15, -0.1) is 0 Å². The van der Waals surface area contributed by atoms with Gasteiger partial charge in [0.1, 0.15) is 0 Å². The van der Waals surface area contributed by atoms with Gasteiger partial charge in [0.05, 0.1) is 5.71 Å². The lowest BCUT2D eigenvalue weighted by atomic mass is 9.96. The molecule has 0 amide bonds. The van der Waals surface area contributed by atoms with E-state index < -0.39 is 0 Å². The van der Waals surface area contributed by atoms with Crippen LogP contribution in [0.25, 0.3) is 0 Å². The van der Waals surface area contributed by atoms with E-state index in [-0.39, 0.29) is 0 Å². The largest absolute Gasteiger partial charge is 0.245 e. The summed E-state index contributed by atoms with van der Waals surface area (Å²) >= 11 is 0. The van der Waals surface area contributed by atoms with Crippen LogP contribution in [0.3, 0.4) is 0 Å². The number of rotatable bonds is 5. The highest BCUT2D eigenvalue weighted by molar-refractivity contribution is 5.99. The first-order valence-corrected chi connectivity index (χ1v) is 7.72. The molecule has 2 aromatic rings. The molecule has 0 saturated heterocycles. The standard InChI is InChI=1S/C18H24N4/c1-6-12(2)16-8-7-9-17(11-16)15(5)21-22-18-19-13(3)10-14(4)20-18/h7-12H,6H2,1-5H3,(H,19,20,22). The first-order chi connectivity index (χ1) is 10.5. The van der Waals surface area contributed by atoms with Crippen LogP contribution in [0.5, 0.6) is 0 Å². The normalized spacial score (nSPS) is 13.0. The lowest BCUT2D eigenvalue weighted by molar-refractivity contribution is 0.733. The van der Waals surface area contributed by atoms with Gasteiger partial charge in [-0.25, -0.2) is 15.4 Å². The summed E-state index contributed by atoms with van der Waals surface area (Å²) in [6.45, 7) is 10.3. The second kappa shape index (κ2) is 7.16. The second-order valence-electron chi connectivity index (χ2n) is 5.72. The minimum absolute atomic E-state index is 0.537. The Morgan fingerprint density at radius 1 is 1.18 bits per heavy atom. The summed E-state index contributed by atoms with van der Waals surface area (Å²) in [6, 6.07) is 10.5. The molecule has 0 bridgehead atoms. The highest BCUT2D eigenvalue weighted by Gasteiger charge is 2.05. The molecule has 1 unspecified atom stereocenters. The number of anilines is 1. The lowest BCUT2D eigenvalue weighted by Crippen LogP contribution is -2.04. The van der Waals surface area contributed by atoms with E-state index in [0.717, 1.165) is 29.1 Å². The third-order valence-corrected chi connectivity index (χ3v) is 3.79. The molecule has 4 heteroatoms. The summed E-state index contributed by atoms with van der Waals surface area (Å²) < 4.78 is 0. The van der Waals surface area contributed by atoms with Crippen molar-refractivity contribution in [1.29, 1.82) is 0 Å². The number of hydrazone groups is 1. The van der Waals surface area contributed by atoms with E-state index in [9.17, 15) is 0 Å². The Bertz CT molecular complexity index is 656. The van der Waals surface area contributed by atoms with Crippen molar-refractivity contribution >= 4 is 11.7 Å². The highest BCUT2D eigenvalue weighted by Crippen LogP contribution is 2.19. The summed E-state index contributed by atoms with van der Waals surface area (Å²) in [4.78, 5) is 8.66. The van der Waals surface area contributed by atoms with Crippen molar-refractivity contribution in [3.05, 3.63) is 52.8 Å². The van der Waals surface area contributed by atoms with Crippen molar-refractivity contribution in [1.82, 2.24) is 9.97 Å². The molecule has 4 nitrogen and oxygen atoms in total. The highest BCUT2D eigenvalue weighted by atomic mass is 15.4. The molecule has 0 aliphatic rings. The summed E-state index contributed by atoms with van der Waals surface area (Å²) in [5, 5.41) is 4.41. The van der Waals surface area contributed by atoms with Crippen molar-refractivity contribution in [2.24, 2.45) is 5.10 Å². The van der Waals surface area contributed by atoms with E-state index >= 15 is 0 Å². The fraction of sp³-hybridized carbons (Fsp3) is 0.389. The molecule has 2 rings (SSSR count). The fourth-order valence-corrected chi connectivity index (χ4v) is 2.28. The van der Waals surface area contributed by atoms with Crippen LogP contribution >= 0.6 is 0 Å². The Hall–Kier alpha value is -2.23. The number of aryl methyl sites for hydroxylation is 2. The van der Waals surface area contributed by atoms with Crippen molar-refractivity contribution < 1.29 is 0 Å². The van der Waals surface area contributed by atoms with Gasteiger partial charge in [0.2, 0.25) is 5.95 Å². The Morgan fingerprint density at radius 2 is 1.86 bits per heavy atom. The zero-order chi connectivity index (χ0) is 16.1. The maximum atomic E-state index is 4.41. The first kappa shape index (κ1) is 16.1. The van der Waals surface area contributed by atoms with Crippen molar-refractivity contribution in [3.8, 4) is 0 Å². The molecule has 0 aliphatic heterocycles. The Kier molecular flexibility index (Phi) is 5.26. The molecule has 1 heterocycles. The van der Waals surface area contributed by atoms with Crippen LogP contribution in [-0.4, -0.2) is 15.7 Å². The molecule has 0 saturated carbocycles. The predicted octanol–water partition coefficient (Wildman–Crippen LogP) is 4.44. The average molecular weight is 296 g/mol. The quantitative estimate of drug-likeness (QED) is 0.655. The van der Waals surface area contributed by atoms with Gasteiger partial charge in [0.25, 0.3) is 0 Å². The zero-order valence-electron chi connectivity index (χ0n) is 14.0. The molecule has 0 fully saturated rings. The van der Waals surface area contributed by atoms with Gasteiger partial charge in [0, 0.05) is 11.4 Å². The minimum Gasteiger partial charge on any atom is -0.245 e. The van der Waals surface area contributed by atoms with Gasteiger partial charge in [-0.2, -0.15) is 5.10 Å². The maximum absolute atomic E-state index is 4.41. The van der Waals surface area contributed by atoms with Gasteiger partial charge >= 0.3 is 0 Å². The van der Waals surface area contributed by atoms with Gasteiger partial charge in [-0.05, 0) is 56.4 Å². The SMILES string of the molecule is CCC(C)c1cccc(C(C)=NNc2nc(C)cc(C)n2)c1. The molecule has 1 atom stereocenters. The predicted molar refractivity (Wildman–Crippen MR) is 92.5 cm³/mol. The minimum atomic E-state index is 0.537. The van der Waals surface area contributed by atoms with Crippen molar-refractivity contribution in [3.63, 3.8) is 0 Å². The molecule has 1 aromatic carbocycles. The van der Waals surface area contributed by atoms with Crippen LogP contribution in [0.2, 0.25) is 0 Å². The van der Waals surface area contributed by atoms with E-state index in [1.807, 2.05) is 26.8 Å². The average Bonchev–Trinajstić information content (AvgIpc) is 2.51. The molecule has 22 heavy (non-hydrogen) atoms. The molecule has 1 N–H and O–H groups in total. The molecular weight excluding hydrogens is 272 g/mol. The number of nitrogens with zero attached hydrogens (tertiary/aromatic N) is 3. The lowest BCUT2D eigenvalue weighted by Gasteiger charge is -2.11. The van der Waals surface area contributed by atoms with E-state index in [0.29, 0.717) is 11.9 Å². The molecule has 116 valence electrons.